The molecule has 0 aromatic heterocycles. The van der Waals surface area contributed by atoms with Gasteiger partial charge in [-0.2, -0.15) is 0 Å². The third-order valence-corrected chi connectivity index (χ3v) is 8.88. The molecule has 170 valence electrons. The van der Waals surface area contributed by atoms with Gasteiger partial charge in [0.2, 0.25) is 0 Å². The van der Waals surface area contributed by atoms with E-state index in [2.05, 4.69) is 98.8 Å². The first-order valence-electron chi connectivity index (χ1n) is 11.5. The predicted molar refractivity (Wildman–Crippen MR) is 138 cm³/mol. The Morgan fingerprint density at radius 3 is 1.09 bits per heavy atom. The van der Waals surface area contributed by atoms with Gasteiger partial charge in [0.25, 0.3) is 0 Å². The van der Waals surface area contributed by atoms with Gasteiger partial charge in [0.05, 0.1) is 31.3 Å². The van der Waals surface area contributed by atoms with E-state index in [0.717, 1.165) is 16.0 Å². The molecule has 0 amide bonds. The molecule has 0 fully saturated rings. The second-order valence-corrected chi connectivity index (χ2v) is 12.1. The van der Waals surface area contributed by atoms with Gasteiger partial charge in [0, 0.05) is 20.7 Å². The lowest BCUT2D eigenvalue weighted by Crippen LogP contribution is -2.43. The molecule has 0 bridgehead atoms. The first-order valence-corrected chi connectivity index (χ1v) is 12.3. The van der Waals surface area contributed by atoms with Crippen LogP contribution in [0.2, 0.25) is 0 Å². The average Bonchev–Trinajstić information content (AvgIpc) is 2.77. The molecule has 3 heterocycles. The van der Waals surface area contributed by atoms with Crippen LogP contribution in [0.15, 0.2) is 40.9 Å². The average molecular weight is 504 g/mol. The van der Waals surface area contributed by atoms with Crippen molar-refractivity contribution in [2.24, 2.45) is 0 Å². The number of ether oxygens (including phenoxy) is 2. The van der Waals surface area contributed by atoms with Gasteiger partial charge in [-0.3, -0.25) is 0 Å². The fraction of sp³-hybridized carbons (Fsp3) is 0.379. The Morgan fingerprint density at radius 2 is 0.818 bits per heavy atom. The predicted octanol–water partition coefficient (Wildman–Crippen LogP) is 7.85. The van der Waals surface area contributed by atoms with E-state index < -0.39 is 0 Å². The first kappa shape index (κ1) is 21.1. The zero-order valence-corrected chi connectivity index (χ0v) is 22.2. The summed E-state index contributed by atoms with van der Waals surface area (Å²) in [6.07, 6.45) is 0. The van der Waals surface area contributed by atoms with Crippen molar-refractivity contribution in [2.75, 3.05) is 19.1 Å². The van der Waals surface area contributed by atoms with E-state index in [9.17, 15) is 0 Å². The number of halogens is 1. The molecular formula is C29H30BrNO2. The molecule has 3 aromatic rings. The number of rotatable bonds is 2. The largest absolute Gasteiger partial charge is 0.497 e. The molecular weight excluding hydrogens is 474 g/mol. The van der Waals surface area contributed by atoms with Crippen molar-refractivity contribution in [3.8, 4) is 11.5 Å². The Morgan fingerprint density at radius 1 is 0.545 bits per heavy atom. The maximum atomic E-state index is 5.83. The van der Waals surface area contributed by atoms with E-state index in [-0.39, 0.29) is 16.2 Å². The summed E-state index contributed by atoms with van der Waals surface area (Å²) in [6.45, 7) is 14.1. The minimum atomic E-state index is -0.204. The molecule has 3 aliphatic rings. The standard InChI is InChI=1S/C29H30BrNO2/c1-27(2)18-9-15(30)10-19-24(18)31-25-20(27)11-16(32-7)13-22(25)29(5,6)23-14-17(33-8)12-21(26(23)31)28(19,3)4/h9-14H,1-8H3. The summed E-state index contributed by atoms with van der Waals surface area (Å²) in [5, 5.41) is 0. The van der Waals surface area contributed by atoms with Crippen molar-refractivity contribution in [3.05, 3.63) is 74.3 Å². The molecule has 3 aromatic carbocycles. The molecule has 0 unspecified atom stereocenters. The van der Waals surface area contributed by atoms with Gasteiger partial charge in [-0.1, -0.05) is 57.5 Å². The highest BCUT2D eigenvalue weighted by atomic mass is 79.9. The lowest BCUT2D eigenvalue weighted by molar-refractivity contribution is 0.408. The number of nitrogens with zero attached hydrogens (tertiary/aromatic N) is 1. The quantitative estimate of drug-likeness (QED) is 0.355. The van der Waals surface area contributed by atoms with Gasteiger partial charge in [-0.25, -0.2) is 0 Å². The molecule has 33 heavy (non-hydrogen) atoms. The molecule has 4 heteroatoms. The number of hydrogen-bond donors (Lipinski definition) is 0. The van der Waals surface area contributed by atoms with Crippen LogP contribution in [0.3, 0.4) is 0 Å². The van der Waals surface area contributed by atoms with Crippen LogP contribution >= 0.6 is 15.9 Å². The summed E-state index contributed by atoms with van der Waals surface area (Å²) >= 11 is 3.84. The topological polar surface area (TPSA) is 21.7 Å². The third kappa shape index (κ3) is 2.35. The highest BCUT2D eigenvalue weighted by Crippen LogP contribution is 2.67. The molecule has 3 nitrogen and oxygen atoms in total. The lowest BCUT2D eigenvalue weighted by atomic mass is 9.61. The van der Waals surface area contributed by atoms with Crippen LogP contribution in [-0.4, -0.2) is 14.2 Å². The second-order valence-electron chi connectivity index (χ2n) is 11.2. The van der Waals surface area contributed by atoms with Crippen molar-refractivity contribution in [1.82, 2.24) is 0 Å². The van der Waals surface area contributed by atoms with E-state index in [1.54, 1.807) is 14.2 Å². The normalized spacial score (nSPS) is 19.1. The fourth-order valence-electron chi connectivity index (χ4n) is 6.40. The number of benzene rings is 3. The zero-order chi connectivity index (χ0) is 23.7. The maximum absolute atomic E-state index is 5.83. The minimum absolute atomic E-state index is 0.170. The van der Waals surface area contributed by atoms with Gasteiger partial charge in [-0.15, -0.1) is 0 Å². The molecule has 3 aliphatic heterocycles. The summed E-state index contributed by atoms with van der Waals surface area (Å²) in [5.41, 5.74) is 11.3. The van der Waals surface area contributed by atoms with E-state index in [1.165, 1.54) is 50.4 Å². The summed E-state index contributed by atoms with van der Waals surface area (Å²) in [5.74, 6) is 1.82. The molecule has 0 atom stereocenters. The van der Waals surface area contributed by atoms with Crippen molar-refractivity contribution in [3.63, 3.8) is 0 Å². The van der Waals surface area contributed by atoms with Crippen LogP contribution in [0.4, 0.5) is 17.1 Å². The Kier molecular flexibility index (Phi) is 3.93. The highest BCUT2D eigenvalue weighted by Gasteiger charge is 2.52. The Balaban J connectivity index is 1.88. The lowest BCUT2D eigenvalue weighted by Gasteiger charge is -2.55. The van der Waals surface area contributed by atoms with Gasteiger partial charge in [0.15, 0.2) is 0 Å². The van der Waals surface area contributed by atoms with Crippen LogP contribution < -0.4 is 14.4 Å². The van der Waals surface area contributed by atoms with Crippen LogP contribution in [0.25, 0.3) is 0 Å². The SMILES string of the molecule is COc1cc2c3c(c1)C(C)(C)c1cc(OC)cc4c1N3c1c(cc(Br)cc1C4(C)C)C2(C)C. The zero-order valence-electron chi connectivity index (χ0n) is 20.6. The second kappa shape index (κ2) is 6.15. The molecule has 0 N–H and O–H groups in total. The van der Waals surface area contributed by atoms with Gasteiger partial charge >= 0.3 is 0 Å². The summed E-state index contributed by atoms with van der Waals surface area (Å²) in [4.78, 5) is 2.55. The smallest absolute Gasteiger partial charge is 0.119 e. The Labute approximate surface area is 204 Å². The Hall–Kier alpha value is -2.46. The molecule has 0 saturated carbocycles. The highest BCUT2D eigenvalue weighted by molar-refractivity contribution is 9.10. The summed E-state index contributed by atoms with van der Waals surface area (Å²) in [7, 11) is 3.53. The van der Waals surface area contributed by atoms with Crippen molar-refractivity contribution in [1.29, 1.82) is 0 Å². The van der Waals surface area contributed by atoms with Crippen LogP contribution in [0.5, 0.6) is 11.5 Å². The number of anilines is 3. The van der Waals surface area contributed by atoms with Gasteiger partial charge in [-0.05, 0) is 69.8 Å². The minimum Gasteiger partial charge on any atom is -0.497 e. The monoisotopic (exact) mass is 503 g/mol. The first-order chi connectivity index (χ1) is 15.4. The van der Waals surface area contributed by atoms with Crippen molar-refractivity contribution >= 4 is 33.0 Å². The van der Waals surface area contributed by atoms with Crippen LogP contribution in [0, 0.1) is 0 Å². The maximum Gasteiger partial charge on any atom is 0.119 e. The summed E-state index contributed by atoms with van der Waals surface area (Å²) < 4.78 is 12.8. The van der Waals surface area contributed by atoms with E-state index in [4.69, 9.17) is 9.47 Å². The van der Waals surface area contributed by atoms with Crippen molar-refractivity contribution < 1.29 is 9.47 Å². The van der Waals surface area contributed by atoms with E-state index in [0.29, 0.717) is 0 Å². The molecule has 0 radical (unpaired) electrons. The van der Waals surface area contributed by atoms with E-state index in [1.807, 2.05) is 0 Å². The number of methoxy groups -OCH3 is 2. The van der Waals surface area contributed by atoms with E-state index >= 15 is 0 Å². The van der Waals surface area contributed by atoms with Crippen LogP contribution in [0.1, 0.15) is 74.9 Å². The summed E-state index contributed by atoms with van der Waals surface area (Å²) in [6, 6.07) is 13.6. The van der Waals surface area contributed by atoms with Gasteiger partial charge < -0.3 is 14.4 Å². The molecule has 6 rings (SSSR count). The molecule has 0 spiro atoms. The van der Waals surface area contributed by atoms with Crippen LogP contribution in [-0.2, 0) is 16.2 Å². The molecule has 0 aliphatic carbocycles. The third-order valence-electron chi connectivity index (χ3n) is 8.42. The van der Waals surface area contributed by atoms with Crippen molar-refractivity contribution in [2.45, 2.75) is 57.8 Å². The Bertz CT molecular complexity index is 1280. The van der Waals surface area contributed by atoms with Gasteiger partial charge in [0.1, 0.15) is 11.5 Å². The fourth-order valence-corrected chi connectivity index (χ4v) is 6.86. The number of hydrogen-bond acceptors (Lipinski definition) is 3. The molecule has 0 saturated heterocycles.